The van der Waals surface area contributed by atoms with E-state index in [0.29, 0.717) is 0 Å². The first-order valence-corrected chi connectivity index (χ1v) is 12.2. The quantitative estimate of drug-likeness (QED) is 0.424. The van der Waals surface area contributed by atoms with Crippen LogP contribution in [0.2, 0.25) is 0 Å². The van der Waals surface area contributed by atoms with Crippen molar-refractivity contribution < 1.29 is 23.7 Å². The minimum atomic E-state index is 0.833. The average molecular weight is 463 g/mol. The van der Waals surface area contributed by atoms with Crippen LogP contribution < -0.4 is 0 Å². The molecule has 0 bridgehead atoms. The molecule has 3 saturated heterocycles. The van der Waals surface area contributed by atoms with Crippen LogP contribution in [0.5, 0.6) is 0 Å². The van der Waals surface area contributed by atoms with Crippen molar-refractivity contribution in [2.75, 3.05) is 147 Å². The molecule has 0 aromatic rings. The van der Waals surface area contributed by atoms with Gasteiger partial charge in [-0.1, -0.05) is 0 Å². The van der Waals surface area contributed by atoms with Gasteiger partial charge >= 0.3 is 0 Å². The van der Waals surface area contributed by atoms with Crippen molar-refractivity contribution >= 4 is 0 Å². The van der Waals surface area contributed by atoms with E-state index in [2.05, 4.69) is 26.6 Å². The molecular weight excluding hydrogens is 412 g/mol. The van der Waals surface area contributed by atoms with E-state index < -0.39 is 0 Å². The van der Waals surface area contributed by atoms with Gasteiger partial charge in [-0.2, -0.15) is 0 Å². The summed E-state index contributed by atoms with van der Waals surface area (Å²) in [6.07, 6.45) is 1.14. The largest absolute Gasteiger partial charge is 0.385 e. The number of methoxy groups -OCH3 is 3. The molecule has 9 heteroatoms. The number of likely N-dealkylation sites (N-methyl/N-ethyl adjacent to an activating group) is 1. The molecule has 0 unspecified atom stereocenters. The Morgan fingerprint density at radius 2 is 0.938 bits per heavy atom. The number of ether oxygens (including phenoxy) is 5. The summed E-state index contributed by atoms with van der Waals surface area (Å²) in [7, 11) is 7.42. The summed E-state index contributed by atoms with van der Waals surface area (Å²) in [6, 6.07) is 0. The third-order valence-corrected chi connectivity index (χ3v) is 5.85. The van der Waals surface area contributed by atoms with Gasteiger partial charge in [-0.05, 0) is 13.5 Å². The molecule has 3 heterocycles. The molecule has 0 aromatic heterocycles. The summed E-state index contributed by atoms with van der Waals surface area (Å²) >= 11 is 0. The second kappa shape index (κ2) is 21.2. The number of hydrogen-bond donors (Lipinski definition) is 0. The van der Waals surface area contributed by atoms with Gasteiger partial charge in [0.2, 0.25) is 0 Å². The summed E-state index contributed by atoms with van der Waals surface area (Å²) in [5.74, 6) is 0. The van der Waals surface area contributed by atoms with Crippen LogP contribution in [-0.2, 0) is 23.7 Å². The van der Waals surface area contributed by atoms with Crippen molar-refractivity contribution in [2.24, 2.45) is 0 Å². The van der Waals surface area contributed by atoms with Gasteiger partial charge in [0.15, 0.2) is 0 Å². The fourth-order valence-electron chi connectivity index (χ4n) is 3.59. The maximum absolute atomic E-state index is 5.23. The van der Waals surface area contributed by atoms with Crippen molar-refractivity contribution in [1.82, 2.24) is 19.6 Å². The zero-order valence-corrected chi connectivity index (χ0v) is 21.3. The normalized spacial score (nSPS) is 21.4. The third kappa shape index (κ3) is 16.3. The fourth-order valence-corrected chi connectivity index (χ4v) is 3.59. The summed E-state index contributed by atoms with van der Waals surface area (Å²) in [6.45, 7) is 18.5. The van der Waals surface area contributed by atoms with Crippen molar-refractivity contribution in [3.8, 4) is 0 Å². The number of nitrogens with zero attached hydrogens (tertiary/aromatic N) is 4. The Labute approximate surface area is 196 Å². The minimum Gasteiger partial charge on any atom is -0.385 e. The van der Waals surface area contributed by atoms with Crippen LogP contribution in [0.25, 0.3) is 0 Å². The number of piperazine rings is 1. The van der Waals surface area contributed by atoms with Crippen molar-refractivity contribution in [2.45, 2.75) is 6.42 Å². The maximum atomic E-state index is 5.23. The Morgan fingerprint density at radius 1 is 0.531 bits per heavy atom. The fraction of sp³-hybridized carbons (Fsp3) is 1.00. The predicted molar refractivity (Wildman–Crippen MR) is 129 cm³/mol. The topological polar surface area (TPSA) is 59.1 Å². The van der Waals surface area contributed by atoms with Crippen LogP contribution in [0.15, 0.2) is 0 Å². The first-order valence-electron chi connectivity index (χ1n) is 12.2. The number of morpholine rings is 2. The third-order valence-electron chi connectivity index (χ3n) is 5.85. The van der Waals surface area contributed by atoms with Crippen molar-refractivity contribution in [3.05, 3.63) is 0 Å². The molecule has 0 saturated carbocycles. The van der Waals surface area contributed by atoms with Gasteiger partial charge < -0.3 is 28.6 Å². The smallest absolute Gasteiger partial charge is 0.0594 e. The molecule has 3 rings (SSSR count). The zero-order valence-electron chi connectivity index (χ0n) is 21.3. The van der Waals surface area contributed by atoms with E-state index in [0.717, 1.165) is 98.5 Å². The summed E-state index contributed by atoms with van der Waals surface area (Å²) < 4.78 is 25.4. The first-order chi connectivity index (χ1) is 15.7. The number of hydrogen-bond acceptors (Lipinski definition) is 9. The Kier molecular flexibility index (Phi) is 19.6. The standard InChI is InChI=1S/C8H18N2O.C8H17NO2.C7H15NO2/c1-9-3-5-10(6-4-9)7-8-11-2;1-10-6-2-3-9-4-7-11-8-5-9;1-9-5-2-8-3-6-10-7-4-8/h3-8H2,1-2H3;2-8H2,1H3;2-7H2,1H3. The van der Waals surface area contributed by atoms with E-state index in [1.165, 1.54) is 26.2 Å². The van der Waals surface area contributed by atoms with E-state index in [-0.39, 0.29) is 0 Å². The monoisotopic (exact) mass is 462 g/mol. The lowest BCUT2D eigenvalue weighted by molar-refractivity contribution is 0.0263. The van der Waals surface area contributed by atoms with Crippen LogP contribution in [0.4, 0.5) is 0 Å². The molecule has 192 valence electrons. The van der Waals surface area contributed by atoms with Crippen molar-refractivity contribution in [1.29, 1.82) is 0 Å². The summed E-state index contributed by atoms with van der Waals surface area (Å²) in [5, 5.41) is 0. The van der Waals surface area contributed by atoms with E-state index >= 15 is 0 Å². The Hall–Kier alpha value is -0.360. The lowest BCUT2D eigenvalue weighted by Crippen LogP contribution is -2.45. The lowest BCUT2D eigenvalue weighted by Gasteiger charge is -2.31. The molecule has 3 fully saturated rings. The molecule has 3 aliphatic heterocycles. The van der Waals surface area contributed by atoms with Gasteiger partial charge in [0.25, 0.3) is 0 Å². The maximum Gasteiger partial charge on any atom is 0.0594 e. The van der Waals surface area contributed by atoms with E-state index in [4.69, 9.17) is 23.7 Å². The Morgan fingerprint density at radius 3 is 1.38 bits per heavy atom. The first kappa shape index (κ1) is 29.7. The van der Waals surface area contributed by atoms with Gasteiger partial charge in [0, 0.05) is 99.9 Å². The SMILES string of the molecule is COCCCN1CCOCC1.COCCN1CCN(C)CC1.COCCN1CCOCC1. The number of rotatable bonds is 10. The molecule has 0 amide bonds. The highest BCUT2D eigenvalue weighted by Gasteiger charge is 2.12. The van der Waals surface area contributed by atoms with Gasteiger partial charge in [-0.15, -0.1) is 0 Å². The minimum absolute atomic E-state index is 0.833. The van der Waals surface area contributed by atoms with Crippen LogP contribution in [-0.4, -0.2) is 166 Å². The van der Waals surface area contributed by atoms with Crippen LogP contribution >= 0.6 is 0 Å². The average Bonchev–Trinajstić information content (AvgIpc) is 2.85. The molecule has 0 aliphatic carbocycles. The molecule has 9 nitrogen and oxygen atoms in total. The summed E-state index contributed by atoms with van der Waals surface area (Å²) in [5.41, 5.74) is 0. The van der Waals surface area contributed by atoms with Crippen LogP contribution in [0.1, 0.15) is 6.42 Å². The van der Waals surface area contributed by atoms with Gasteiger partial charge in [-0.3, -0.25) is 14.7 Å². The molecule has 0 atom stereocenters. The second-order valence-electron chi connectivity index (χ2n) is 8.38. The highest BCUT2D eigenvalue weighted by atomic mass is 16.5. The second-order valence-corrected chi connectivity index (χ2v) is 8.38. The van der Waals surface area contributed by atoms with E-state index in [1.54, 1.807) is 21.3 Å². The van der Waals surface area contributed by atoms with Crippen LogP contribution in [0.3, 0.4) is 0 Å². The molecular formula is C23H50N4O5. The van der Waals surface area contributed by atoms with Gasteiger partial charge in [0.1, 0.15) is 0 Å². The predicted octanol–water partition coefficient (Wildman–Crippen LogP) is 0.200. The van der Waals surface area contributed by atoms with Gasteiger partial charge in [-0.25, -0.2) is 0 Å². The molecule has 0 radical (unpaired) electrons. The van der Waals surface area contributed by atoms with Gasteiger partial charge in [0.05, 0.1) is 39.6 Å². The van der Waals surface area contributed by atoms with Crippen molar-refractivity contribution in [3.63, 3.8) is 0 Å². The molecule has 0 spiro atoms. The Balaban J connectivity index is 0.000000240. The van der Waals surface area contributed by atoms with Crippen LogP contribution in [0, 0.1) is 0 Å². The molecule has 0 N–H and O–H groups in total. The molecule has 32 heavy (non-hydrogen) atoms. The Bertz CT molecular complexity index is 386. The van der Waals surface area contributed by atoms with E-state index in [9.17, 15) is 0 Å². The zero-order chi connectivity index (χ0) is 23.3. The summed E-state index contributed by atoms with van der Waals surface area (Å²) in [4.78, 5) is 9.59. The van der Waals surface area contributed by atoms with E-state index in [1.807, 2.05) is 0 Å². The lowest BCUT2D eigenvalue weighted by atomic mass is 10.3. The molecule has 0 aromatic carbocycles. The molecule has 3 aliphatic rings. The highest BCUT2D eigenvalue weighted by Crippen LogP contribution is 1.98. The highest BCUT2D eigenvalue weighted by molar-refractivity contribution is 4.68.